The molecule has 0 aliphatic carbocycles. The summed E-state index contributed by atoms with van der Waals surface area (Å²) in [5, 5.41) is 3.86. The topological polar surface area (TPSA) is 9.86 Å². The van der Waals surface area contributed by atoms with E-state index in [1.54, 1.807) is 0 Å². The molecule has 2 aromatic heterocycles. The normalized spacial score (nSPS) is 11.9. The number of hydrogen-bond acceptors (Lipinski definition) is 0. The van der Waals surface area contributed by atoms with Gasteiger partial charge in [0.2, 0.25) is 0 Å². The molecule has 0 saturated carbocycles. The number of para-hydroxylation sites is 2. The number of hydrogen-bond donors (Lipinski definition) is 0. The SMILES string of the molecule is C=C/C=C\c1c(C)c2ccc3c4ccccc4n(-c4ccccc4)c3c2n1C. The maximum Gasteiger partial charge on any atom is 0.0785 e. The third kappa shape index (κ3) is 2.21. The molecule has 136 valence electrons. The van der Waals surface area contributed by atoms with E-state index in [0.29, 0.717) is 0 Å². The van der Waals surface area contributed by atoms with E-state index in [-0.39, 0.29) is 0 Å². The molecule has 5 aromatic rings. The standard InChI is InChI=1S/C26H22N2/c1-4-5-14-23-18(2)20-16-17-22-21-13-9-10-15-24(21)28(19-11-7-6-8-12-19)26(22)25(20)27(23)3/h4-17H,1H2,2-3H3/b14-5-. The molecule has 3 aromatic carbocycles. The zero-order valence-electron chi connectivity index (χ0n) is 16.2. The van der Waals surface area contributed by atoms with Gasteiger partial charge in [-0.3, -0.25) is 0 Å². The van der Waals surface area contributed by atoms with Crippen LogP contribution in [0.25, 0.3) is 44.5 Å². The Bertz CT molecular complexity index is 1380. The quantitative estimate of drug-likeness (QED) is 0.313. The smallest absolute Gasteiger partial charge is 0.0785 e. The van der Waals surface area contributed by atoms with Gasteiger partial charge in [0.05, 0.1) is 16.6 Å². The summed E-state index contributed by atoms with van der Waals surface area (Å²) in [6.07, 6.45) is 5.97. The Morgan fingerprint density at radius 3 is 2.29 bits per heavy atom. The van der Waals surface area contributed by atoms with Crippen LogP contribution in [0.5, 0.6) is 0 Å². The van der Waals surface area contributed by atoms with Crippen molar-refractivity contribution in [2.75, 3.05) is 0 Å². The monoisotopic (exact) mass is 362 g/mol. The van der Waals surface area contributed by atoms with Gasteiger partial charge in [0.25, 0.3) is 0 Å². The first-order valence-electron chi connectivity index (χ1n) is 9.58. The van der Waals surface area contributed by atoms with Crippen molar-refractivity contribution in [2.45, 2.75) is 6.92 Å². The lowest BCUT2D eigenvalue weighted by Crippen LogP contribution is -1.97. The van der Waals surface area contributed by atoms with Gasteiger partial charge in [0.15, 0.2) is 0 Å². The van der Waals surface area contributed by atoms with Crippen molar-refractivity contribution in [1.29, 1.82) is 0 Å². The number of aryl methyl sites for hydroxylation is 2. The Hall–Kier alpha value is -3.52. The van der Waals surface area contributed by atoms with E-state index < -0.39 is 0 Å². The molecule has 28 heavy (non-hydrogen) atoms. The zero-order valence-corrected chi connectivity index (χ0v) is 16.2. The van der Waals surface area contributed by atoms with Gasteiger partial charge in [-0.25, -0.2) is 0 Å². The van der Waals surface area contributed by atoms with Crippen LogP contribution in [0.15, 0.2) is 85.5 Å². The van der Waals surface area contributed by atoms with Crippen LogP contribution in [0, 0.1) is 6.92 Å². The second kappa shape index (κ2) is 6.28. The highest BCUT2D eigenvalue weighted by atomic mass is 15.0. The van der Waals surface area contributed by atoms with E-state index in [0.717, 1.165) is 0 Å². The summed E-state index contributed by atoms with van der Waals surface area (Å²) in [4.78, 5) is 0. The fourth-order valence-electron chi connectivity index (χ4n) is 4.43. The van der Waals surface area contributed by atoms with E-state index in [2.05, 4.69) is 102 Å². The second-order valence-corrected chi connectivity index (χ2v) is 7.21. The van der Waals surface area contributed by atoms with Crippen molar-refractivity contribution < 1.29 is 0 Å². The number of benzene rings is 3. The van der Waals surface area contributed by atoms with Crippen LogP contribution in [0.3, 0.4) is 0 Å². The number of rotatable bonds is 3. The van der Waals surface area contributed by atoms with Crippen LogP contribution in [-0.2, 0) is 7.05 Å². The molecule has 0 atom stereocenters. The first kappa shape index (κ1) is 16.6. The minimum Gasteiger partial charge on any atom is -0.342 e. The molecule has 2 nitrogen and oxygen atoms in total. The molecule has 0 unspecified atom stereocenters. The van der Waals surface area contributed by atoms with Crippen molar-refractivity contribution in [3.05, 3.63) is 96.7 Å². The lowest BCUT2D eigenvalue weighted by atomic mass is 10.1. The van der Waals surface area contributed by atoms with E-state index in [1.165, 1.54) is 49.7 Å². The van der Waals surface area contributed by atoms with Crippen molar-refractivity contribution >= 4 is 38.8 Å². The number of allylic oxidation sites excluding steroid dienone is 2. The molecule has 0 saturated heterocycles. The molecule has 0 spiro atoms. The average Bonchev–Trinajstić information content (AvgIpc) is 3.19. The molecule has 0 N–H and O–H groups in total. The van der Waals surface area contributed by atoms with Crippen LogP contribution >= 0.6 is 0 Å². The third-order valence-electron chi connectivity index (χ3n) is 5.70. The minimum absolute atomic E-state index is 1.18. The summed E-state index contributed by atoms with van der Waals surface area (Å²) >= 11 is 0. The van der Waals surface area contributed by atoms with Crippen LogP contribution < -0.4 is 0 Å². The summed E-state index contributed by atoms with van der Waals surface area (Å²) in [7, 11) is 2.16. The van der Waals surface area contributed by atoms with Crippen molar-refractivity contribution in [2.24, 2.45) is 7.05 Å². The molecule has 5 rings (SSSR count). The predicted molar refractivity (Wildman–Crippen MR) is 121 cm³/mol. The van der Waals surface area contributed by atoms with Crippen molar-refractivity contribution in [3.63, 3.8) is 0 Å². The van der Waals surface area contributed by atoms with Gasteiger partial charge in [0, 0.05) is 34.6 Å². The second-order valence-electron chi connectivity index (χ2n) is 7.21. The van der Waals surface area contributed by atoms with Gasteiger partial charge in [0.1, 0.15) is 0 Å². The summed E-state index contributed by atoms with van der Waals surface area (Å²) in [5.41, 5.74) is 7.45. The summed E-state index contributed by atoms with van der Waals surface area (Å²) in [6, 6.07) is 23.8. The number of nitrogens with zero attached hydrogens (tertiary/aromatic N) is 2. The summed E-state index contributed by atoms with van der Waals surface area (Å²) in [5.74, 6) is 0. The first-order chi connectivity index (χ1) is 13.7. The summed E-state index contributed by atoms with van der Waals surface area (Å²) < 4.78 is 4.71. The van der Waals surface area contributed by atoms with Crippen LogP contribution in [0.4, 0.5) is 0 Å². The largest absolute Gasteiger partial charge is 0.342 e. The number of aromatic nitrogens is 2. The predicted octanol–water partition coefficient (Wildman–Crippen LogP) is 6.78. The Kier molecular flexibility index (Phi) is 3.73. The van der Waals surface area contributed by atoms with Gasteiger partial charge in [-0.05, 0) is 36.8 Å². The highest BCUT2D eigenvalue weighted by Crippen LogP contribution is 2.38. The lowest BCUT2D eigenvalue weighted by molar-refractivity contribution is 0.949. The molecule has 0 aliphatic heterocycles. The third-order valence-corrected chi connectivity index (χ3v) is 5.70. The molecule has 0 amide bonds. The molecule has 0 bridgehead atoms. The van der Waals surface area contributed by atoms with Gasteiger partial charge >= 0.3 is 0 Å². The first-order valence-corrected chi connectivity index (χ1v) is 9.58. The average molecular weight is 362 g/mol. The number of fused-ring (bicyclic) bond motifs is 5. The fourth-order valence-corrected chi connectivity index (χ4v) is 4.43. The van der Waals surface area contributed by atoms with Crippen LogP contribution in [0.1, 0.15) is 11.3 Å². The molecule has 0 aliphatic rings. The van der Waals surface area contributed by atoms with Gasteiger partial charge in [-0.15, -0.1) is 0 Å². The molecule has 0 radical (unpaired) electrons. The molecule has 2 heterocycles. The van der Waals surface area contributed by atoms with E-state index in [9.17, 15) is 0 Å². The Balaban J connectivity index is 2.04. The maximum atomic E-state index is 3.82. The Morgan fingerprint density at radius 1 is 0.786 bits per heavy atom. The molecule has 2 heteroatoms. The van der Waals surface area contributed by atoms with E-state index >= 15 is 0 Å². The lowest BCUT2D eigenvalue weighted by Gasteiger charge is -2.10. The zero-order chi connectivity index (χ0) is 19.3. The fraction of sp³-hybridized carbons (Fsp3) is 0.0769. The van der Waals surface area contributed by atoms with E-state index in [1.807, 2.05) is 12.2 Å². The maximum absolute atomic E-state index is 3.82. The van der Waals surface area contributed by atoms with Gasteiger partial charge in [-0.2, -0.15) is 0 Å². The van der Waals surface area contributed by atoms with Crippen LogP contribution in [-0.4, -0.2) is 9.13 Å². The van der Waals surface area contributed by atoms with Crippen molar-refractivity contribution in [3.8, 4) is 5.69 Å². The minimum atomic E-state index is 1.18. The highest BCUT2D eigenvalue weighted by Gasteiger charge is 2.19. The van der Waals surface area contributed by atoms with Crippen molar-refractivity contribution in [1.82, 2.24) is 9.13 Å². The molecular formula is C26H22N2. The Morgan fingerprint density at radius 2 is 1.50 bits per heavy atom. The molecular weight excluding hydrogens is 340 g/mol. The van der Waals surface area contributed by atoms with Gasteiger partial charge in [-0.1, -0.05) is 67.3 Å². The summed E-state index contributed by atoms with van der Waals surface area (Å²) in [6.45, 7) is 6.02. The molecule has 0 fully saturated rings. The van der Waals surface area contributed by atoms with E-state index in [4.69, 9.17) is 0 Å². The highest BCUT2D eigenvalue weighted by molar-refractivity contribution is 6.18. The van der Waals surface area contributed by atoms with Gasteiger partial charge < -0.3 is 9.13 Å². The van der Waals surface area contributed by atoms with Crippen LogP contribution in [0.2, 0.25) is 0 Å². The Labute approximate surface area is 164 Å².